The van der Waals surface area contributed by atoms with E-state index in [1.54, 1.807) is 38.3 Å². The lowest BCUT2D eigenvalue weighted by Gasteiger charge is -2.21. The lowest BCUT2D eigenvalue weighted by molar-refractivity contribution is -0.157. The Kier molecular flexibility index (Phi) is 5.60. The highest BCUT2D eigenvalue weighted by Crippen LogP contribution is 2.20. The predicted molar refractivity (Wildman–Crippen MR) is 73.1 cm³/mol. The van der Waals surface area contributed by atoms with E-state index < -0.39 is 11.9 Å². The van der Waals surface area contributed by atoms with Gasteiger partial charge < -0.3 is 14.5 Å². The number of esters is 2. The van der Waals surface area contributed by atoms with Crippen LogP contribution < -0.4 is 0 Å². The van der Waals surface area contributed by atoms with Crippen LogP contribution in [0.4, 0.5) is 0 Å². The molecule has 0 aromatic rings. The van der Waals surface area contributed by atoms with Crippen LogP contribution in [0.2, 0.25) is 0 Å². The SMILES string of the molecule is C=CN1CCCC1CC(=O)OC(=O)/C(C)=C/N(C)C. The minimum atomic E-state index is -0.582. The van der Waals surface area contributed by atoms with E-state index >= 15 is 0 Å². The Morgan fingerprint density at radius 3 is 2.74 bits per heavy atom. The average molecular weight is 266 g/mol. The lowest BCUT2D eigenvalue weighted by atomic mass is 10.1. The Morgan fingerprint density at radius 2 is 2.16 bits per heavy atom. The Labute approximate surface area is 114 Å². The Bertz CT molecular complexity index is 388. The number of hydrogen-bond acceptors (Lipinski definition) is 5. The van der Waals surface area contributed by atoms with Gasteiger partial charge >= 0.3 is 11.9 Å². The molecule has 0 saturated carbocycles. The summed E-state index contributed by atoms with van der Waals surface area (Å²) >= 11 is 0. The summed E-state index contributed by atoms with van der Waals surface area (Å²) in [5, 5.41) is 0. The quantitative estimate of drug-likeness (QED) is 0.429. The fraction of sp³-hybridized carbons (Fsp3) is 0.571. The van der Waals surface area contributed by atoms with Gasteiger partial charge in [-0.2, -0.15) is 0 Å². The van der Waals surface area contributed by atoms with Crippen molar-refractivity contribution in [2.24, 2.45) is 0 Å². The summed E-state index contributed by atoms with van der Waals surface area (Å²) in [5.41, 5.74) is 0.408. The first kappa shape index (κ1) is 15.3. The molecule has 0 spiro atoms. The molecule has 5 nitrogen and oxygen atoms in total. The first-order valence-electron chi connectivity index (χ1n) is 6.42. The second-order valence-electron chi connectivity index (χ2n) is 4.96. The molecule has 0 aliphatic carbocycles. The summed E-state index contributed by atoms with van der Waals surface area (Å²) in [4.78, 5) is 27.1. The molecular formula is C14H22N2O3. The Balaban J connectivity index is 2.47. The van der Waals surface area contributed by atoms with Gasteiger partial charge in [0.05, 0.1) is 12.0 Å². The van der Waals surface area contributed by atoms with E-state index in [4.69, 9.17) is 4.74 Å². The van der Waals surface area contributed by atoms with Gasteiger partial charge in [-0.05, 0) is 26.0 Å². The number of likely N-dealkylation sites (tertiary alicyclic amines) is 1. The van der Waals surface area contributed by atoms with Gasteiger partial charge in [-0.25, -0.2) is 4.79 Å². The van der Waals surface area contributed by atoms with Gasteiger partial charge in [0.1, 0.15) is 0 Å². The van der Waals surface area contributed by atoms with Crippen LogP contribution >= 0.6 is 0 Å². The summed E-state index contributed by atoms with van der Waals surface area (Å²) in [7, 11) is 3.61. The number of carbonyl (C=O) groups is 2. The Morgan fingerprint density at radius 1 is 1.47 bits per heavy atom. The summed E-state index contributed by atoms with van der Waals surface area (Å²) < 4.78 is 4.83. The molecule has 0 amide bonds. The molecule has 1 atom stereocenters. The van der Waals surface area contributed by atoms with Gasteiger partial charge in [-0.15, -0.1) is 0 Å². The molecule has 19 heavy (non-hydrogen) atoms. The molecule has 106 valence electrons. The molecule has 1 unspecified atom stereocenters. The zero-order valence-corrected chi connectivity index (χ0v) is 11.9. The second-order valence-corrected chi connectivity index (χ2v) is 4.96. The molecule has 1 aliphatic heterocycles. The Hall–Kier alpha value is -1.78. The maximum atomic E-state index is 11.7. The molecule has 1 rings (SSSR count). The average Bonchev–Trinajstić information content (AvgIpc) is 2.74. The molecule has 0 bridgehead atoms. The van der Waals surface area contributed by atoms with Crippen molar-refractivity contribution >= 4 is 11.9 Å². The molecular weight excluding hydrogens is 244 g/mol. The van der Waals surface area contributed by atoms with Crippen LogP contribution in [0.15, 0.2) is 24.6 Å². The molecule has 1 aliphatic rings. The van der Waals surface area contributed by atoms with Crippen molar-refractivity contribution in [1.82, 2.24) is 9.80 Å². The number of hydrogen-bond donors (Lipinski definition) is 0. The summed E-state index contributed by atoms with van der Waals surface area (Å²) in [6.07, 6.45) is 5.57. The maximum Gasteiger partial charge on any atom is 0.342 e. The summed E-state index contributed by atoms with van der Waals surface area (Å²) in [5.74, 6) is -1.06. The van der Waals surface area contributed by atoms with Crippen molar-refractivity contribution in [2.75, 3.05) is 20.6 Å². The molecule has 0 radical (unpaired) electrons. The van der Waals surface area contributed by atoms with Crippen molar-refractivity contribution in [1.29, 1.82) is 0 Å². The van der Waals surface area contributed by atoms with Crippen molar-refractivity contribution in [3.05, 3.63) is 24.6 Å². The van der Waals surface area contributed by atoms with Gasteiger partial charge in [0, 0.05) is 32.9 Å². The lowest BCUT2D eigenvalue weighted by Crippen LogP contribution is -2.28. The van der Waals surface area contributed by atoms with Crippen LogP contribution in [-0.4, -0.2) is 48.4 Å². The number of rotatable bonds is 5. The van der Waals surface area contributed by atoms with E-state index in [1.807, 2.05) is 4.90 Å². The maximum absolute atomic E-state index is 11.7. The monoisotopic (exact) mass is 266 g/mol. The fourth-order valence-electron chi connectivity index (χ4n) is 2.18. The molecule has 5 heteroatoms. The first-order chi connectivity index (χ1) is 8.93. The minimum absolute atomic E-state index is 0.107. The smallest absolute Gasteiger partial charge is 0.342 e. The highest BCUT2D eigenvalue weighted by molar-refractivity contribution is 5.95. The predicted octanol–water partition coefficient (Wildman–Crippen LogP) is 1.52. The normalized spacial score (nSPS) is 19.2. The molecule has 1 heterocycles. The number of nitrogens with zero attached hydrogens (tertiary/aromatic N) is 2. The third-order valence-corrected chi connectivity index (χ3v) is 3.04. The topological polar surface area (TPSA) is 49.9 Å². The number of ether oxygens (including phenoxy) is 1. The van der Waals surface area contributed by atoms with Gasteiger partial charge in [0.15, 0.2) is 0 Å². The number of carbonyl (C=O) groups excluding carboxylic acids is 2. The second kappa shape index (κ2) is 6.97. The van der Waals surface area contributed by atoms with E-state index in [9.17, 15) is 9.59 Å². The van der Waals surface area contributed by atoms with Crippen LogP contribution in [-0.2, 0) is 14.3 Å². The van der Waals surface area contributed by atoms with Crippen molar-refractivity contribution in [2.45, 2.75) is 32.2 Å². The largest absolute Gasteiger partial charge is 0.390 e. The summed E-state index contributed by atoms with van der Waals surface area (Å²) in [6, 6.07) is 0.107. The summed E-state index contributed by atoms with van der Waals surface area (Å²) in [6.45, 7) is 6.25. The minimum Gasteiger partial charge on any atom is -0.390 e. The molecule has 0 aromatic heterocycles. The fourth-order valence-corrected chi connectivity index (χ4v) is 2.18. The van der Waals surface area contributed by atoms with Crippen LogP contribution in [0.5, 0.6) is 0 Å². The van der Waals surface area contributed by atoms with Crippen LogP contribution in [0.3, 0.4) is 0 Å². The van der Waals surface area contributed by atoms with Gasteiger partial charge in [0.2, 0.25) is 0 Å². The van der Waals surface area contributed by atoms with Crippen molar-refractivity contribution in [3.63, 3.8) is 0 Å². The van der Waals surface area contributed by atoms with Gasteiger partial charge in [-0.1, -0.05) is 6.58 Å². The third kappa shape index (κ3) is 4.77. The third-order valence-electron chi connectivity index (χ3n) is 3.04. The highest BCUT2D eigenvalue weighted by atomic mass is 16.6. The van der Waals surface area contributed by atoms with E-state index in [-0.39, 0.29) is 12.5 Å². The van der Waals surface area contributed by atoms with Crippen molar-refractivity contribution in [3.8, 4) is 0 Å². The molecule has 1 fully saturated rings. The molecule has 0 N–H and O–H groups in total. The molecule has 0 aromatic carbocycles. The standard InChI is InChI=1S/C14H22N2O3/c1-5-16-8-6-7-12(16)9-13(17)19-14(18)11(2)10-15(3)4/h5,10,12H,1,6-9H2,2-4H3/b11-10+. The highest BCUT2D eigenvalue weighted by Gasteiger charge is 2.25. The van der Waals surface area contributed by atoms with Crippen LogP contribution in [0.25, 0.3) is 0 Å². The van der Waals surface area contributed by atoms with E-state index in [0.29, 0.717) is 5.57 Å². The van der Waals surface area contributed by atoms with Gasteiger partial charge in [0.25, 0.3) is 0 Å². The van der Waals surface area contributed by atoms with Gasteiger partial charge in [-0.3, -0.25) is 4.79 Å². The van der Waals surface area contributed by atoms with E-state index in [0.717, 1.165) is 19.4 Å². The van der Waals surface area contributed by atoms with Crippen molar-refractivity contribution < 1.29 is 14.3 Å². The first-order valence-corrected chi connectivity index (χ1v) is 6.42. The van der Waals surface area contributed by atoms with E-state index in [1.165, 1.54) is 0 Å². The van der Waals surface area contributed by atoms with Crippen LogP contribution in [0, 0.1) is 0 Å². The van der Waals surface area contributed by atoms with E-state index in [2.05, 4.69) is 6.58 Å². The zero-order chi connectivity index (χ0) is 14.4. The zero-order valence-electron chi connectivity index (χ0n) is 11.9. The molecule has 1 saturated heterocycles. The van der Waals surface area contributed by atoms with Crippen LogP contribution in [0.1, 0.15) is 26.2 Å².